The summed E-state index contributed by atoms with van der Waals surface area (Å²) in [6.07, 6.45) is 1.68. The van der Waals surface area contributed by atoms with Gasteiger partial charge in [-0.2, -0.15) is 0 Å². The Bertz CT molecular complexity index is 952. The van der Waals surface area contributed by atoms with Gasteiger partial charge in [0.25, 0.3) is 0 Å². The monoisotopic (exact) mass is 411 g/mol. The predicted octanol–water partition coefficient (Wildman–Crippen LogP) is 5.71. The summed E-state index contributed by atoms with van der Waals surface area (Å²) < 4.78 is 10.7. The van der Waals surface area contributed by atoms with E-state index in [0.29, 0.717) is 50.3 Å². The van der Waals surface area contributed by atoms with Gasteiger partial charge in [-0.1, -0.05) is 34.8 Å². The number of hydrogen-bond acceptors (Lipinski definition) is 5. The van der Waals surface area contributed by atoms with Crippen LogP contribution < -0.4 is 14.8 Å². The van der Waals surface area contributed by atoms with Gasteiger partial charge >= 0.3 is 0 Å². The fourth-order valence-electron chi connectivity index (χ4n) is 2.66. The molecule has 0 amide bonds. The lowest BCUT2D eigenvalue weighted by atomic mass is 10.1. The maximum atomic E-state index is 6.52. The van der Waals surface area contributed by atoms with Gasteiger partial charge in [-0.3, -0.25) is 0 Å². The van der Waals surface area contributed by atoms with Crippen LogP contribution in [-0.2, 0) is 0 Å². The zero-order chi connectivity index (χ0) is 18.8. The molecule has 1 aromatic carbocycles. The van der Waals surface area contributed by atoms with Crippen molar-refractivity contribution in [3.63, 3.8) is 0 Å². The number of anilines is 1. The Labute approximate surface area is 166 Å². The number of nitrogens with one attached hydrogen (secondary N) is 1. The number of ether oxygens (including phenoxy) is 2. The van der Waals surface area contributed by atoms with Gasteiger partial charge in [-0.25, -0.2) is 9.97 Å². The molecule has 5 nitrogen and oxygen atoms in total. The number of pyridine rings is 2. The molecule has 3 rings (SSSR count). The minimum absolute atomic E-state index is 0.356. The molecule has 3 aromatic rings. The van der Waals surface area contributed by atoms with Crippen molar-refractivity contribution in [1.29, 1.82) is 0 Å². The Kier molecular flexibility index (Phi) is 5.61. The van der Waals surface area contributed by atoms with Crippen molar-refractivity contribution in [1.82, 2.24) is 9.97 Å². The van der Waals surface area contributed by atoms with Crippen molar-refractivity contribution < 1.29 is 9.47 Å². The standard InChI is InChI=1S/C18H16Cl3N3O2/c1-4-22-18-10-6-14(19)23-8-9(10)5-11(24-18)15-16(20)12(25-2)7-13(26-3)17(15)21/h5-8H,4H2,1-3H3,(H,22,24). The molecule has 0 atom stereocenters. The second kappa shape index (κ2) is 7.74. The third-order valence-electron chi connectivity index (χ3n) is 3.86. The molecule has 0 aliphatic carbocycles. The number of halogens is 3. The molecule has 0 saturated carbocycles. The van der Waals surface area contributed by atoms with E-state index in [0.717, 1.165) is 10.8 Å². The molecule has 136 valence electrons. The van der Waals surface area contributed by atoms with Crippen LogP contribution in [0.2, 0.25) is 15.2 Å². The van der Waals surface area contributed by atoms with Crippen LogP contribution in [0.15, 0.2) is 24.4 Å². The molecule has 0 fully saturated rings. The smallest absolute Gasteiger partial charge is 0.141 e. The van der Waals surface area contributed by atoms with Gasteiger partial charge in [0, 0.05) is 35.1 Å². The number of nitrogens with zero attached hydrogens (tertiary/aromatic N) is 2. The molecule has 0 bridgehead atoms. The molecule has 2 heterocycles. The minimum atomic E-state index is 0.356. The lowest BCUT2D eigenvalue weighted by Crippen LogP contribution is -2.02. The van der Waals surface area contributed by atoms with Crippen molar-refractivity contribution >= 4 is 51.4 Å². The lowest BCUT2D eigenvalue weighted by Gasteiger charge is -2.16. The van der Waals surface area contributed by atoms with Gasteiger partial charge < -0.3 is 14.8 Å². The molecule has 8 heteroatoms. The molecule has 0 aliphatic heterocycles. The number of aromatic nitrogens is 2. The Hall–Kier alpha value is -1.95. The lowest BCUT2D eigenvalue weighted by molar-refractivity contribution is 0.395. The number of benzene rings is 1. The summed E-state index contributed by atoms with van der Waals surface area (Å²) >= 11 is 19.1. The minimum Gasteiger partial charge on any atom is -0.495 e. The van der Waals surface area contributed by atoms with E-state index in [1.807, 2.05) is 13.0 Å². The van der Waals surface area contributed by atoms with Crippen LogP contribution in [-0.4, -0.2) is 30.7 Å². The number of rotatable bonds is 5. The maximum absolute atomic E-state index is 6.52. The summed E-state index contributed by atoms with van der Waals surface area (Å²) in [6, 6.07) is 5.26. The number of hydrogen-bond donors (Lipinski definition) is 1. The van der Waals surface area contributed by atoms with Gasteiger partial charge in [-0.15, -0.1) is 0 Å². The van der Waals surface area contributed by atoms with Gasteiger partial charge in [0.05, 0.1) is 30.0 Å². The topological polar surface area (TPSA) is 56.3 Å². The molecule has 1 N–H and O–H groups in total. The predicted molar refractivity (Wildman–Crippen MR) is 107 cm³/mol. The highest BCUT2D eigenvalue weighted by molar-refractivity contribution is 6.41. The zero-order valence-electron chi connectivity index (χ0n) is 14.4. The fourth-order valence-corrected chi connectivity index (χ4v) is 3.51. The highest BCUT2D eigenvalue weighted by atomic mass is 35.5. The maximum Gasteiger partial charge on any atom is 0.141 e. The van der Waals surface area contributed by atoms with Crippen LogP contribution in [0.3, 0.4) is 0 Å². The van der Waals surface area contributed by atoms with Crippen molar-refractivity contribution in [2.75, 3.05) is 26.1 Å². The van der Waals surface area contributed by atoms with E-state index >= 15 is 0 Å². The molecule has 0 aliphatic rings. The first-order valence-corrected chi connectivity index (χ1v) is 8.94. The van der Waals surface area contributed by atoms with Gasteiger partial charge in [0.15, 0.2) is 0 Å². The number of fused-ring (bicyclic) bond motifs is 1. The first-order chi connectivity index (χ1) is 12.5. The first-order valence-electron chi connectivity index (χ1n) is 7.80. The normalized spacial score (nSPS) is 10.8. The van der Waals surface area contributed by atoms with Crippen LogP contribution in [0.4, 0.5) is 5.82 Å². The van der Waals surface area contributed by atoms with Crippen LogP contribution in [0.25, 0.3) is 22.0 Å². The number of methoxy groups -OCH3 is 2. The zero-order valence-corrected chi connectivity index (χ0v) is 16.6. The van der Waals surface area contributed by atoms with E-state index in [2.05, 4.69) is 10.3 Å². The average molecular weight is 413 g/mol. The second-order valence-corrected chi connectivity index (χ2v) is 6.54. The van der Waals surface area contributed by atoms with Crippen molar-refractivity contribution in [3.05, 3.63) is 39.6 Å². The molecule has 0 radical (unpaired) electrons. The SMILES string of the molecule is CCNc1nc(-c2c(Cl)c(OC)cc(OC)c2Cl)cc2cnc(Cl)cc12. The van der Waals surface area contributed by atoms with E-state index < -0.39 is 0 Å². The summed E-state index contributed by atoms with van der Waals surface area (Å²) in [4.78, 5) is 8.85. The Morgan fingerprint density at radius 2 is 1.65 bits per heavy atom. The highest BCUT2D eigenvalue weighted by Gasteiger charge is 2.21. The van der Waals surface area contributed by atoms with E-state index in [1.165, 1.54) is 14.2 Å². The second-order valence-electron chi connectivity index (χ2n) is 5.40. The third-order valence-corrected chi connectivity index (χ3v) is 4.81. The summed E-state index contributed by atoms with van der Waals surface area (Å²) in [5, 5.41) is 6.05. The van der Waals surface area contributed by atoms with Gasteiger partial charge in [0.1, 0.15) is 22.5 Å². The molecule has 2 aromatic heterocycles. The van der Waals surface area contributed by atoms with E-state index in [-0.39, 0.29) is 0 Å². The van der Waals surface area contributed by atoms with E-state index in [1.54, 1.807) is 18.3 Å². The Balaban J connectivity index is 2.34. The molecule has 0 saturated heterocycles. The van der Waals surface area contributed by atoms with Crippen molar-refractivity contribution in [2.24, 2.45) is 0 Å². The first kappa shape index (κ1) is 18.8. The molecule has 0 spiro atoms. The Morgan fingerprint density at radius 3 is 2.23 bits per heavy atom. The van der Waals surface area contributed by atoms with Crippen molar-refractivity contribution in [3.8, 4) is 22.8 Å². The summed E-state index contributed by atoms with van der Waals surface area (Å²) in [5.74, 6) is 1.56. The van der Waals surface area contributed by atoms with Crippen LogP contribution in [0, 0.1) is 0 Å². The molecule has 26 heavy (non-hydrogen) atoms. The van der Waals surface area contributed by atoms with Gasteiger partial charge in [0.2, 0.25) is 0 Å². The largest absolute Gasteiger partial charge is 0.495 e. The molecular formula is C18H16Cl3N3O2. The molecule has 0 unspecified atom stereocenters. The highest BCUT2D eigenvalue weighted by Crippen LogP contribution is 2.46. The van der Waals surface area contributed by atoms with Crippen molar-refractivity contribution in [2.45, 2.75) is 6.92 Å². The van der Waals surface area contributed by atoms with Crippen LogP contribution in [0.5, 0.6) is 11.5 Å². The van der Waals surface area contributed by atoms with E-state index in [4.69, 9.17) is 49.3 Å². The van der Waals surface area contributed by atoms with Crippen LogP contribution >= 0.6 is 34.8 Å². The van der Waals surface area contributed by atoms with E-state index in [9.17, 15) is 0 Å². The summed E-state index contributed by atoms with van der Waals surface area (Å²) in [6.45, 7) is 2.67. The fraction of sp³-hybridized carbons (Fsp3) is 0.222. The quantitative estimate of drug-likeness (QED) is 0.544. The van der Waals surface area contributed by atoms with Crippen LogP contribution in [0.1, 0.15) is 6.92 Å². The van der Waals surface area contributed by atoms with Gasteiger partial charge in [-0.05, 0) is 19.1 Å². The third kappa shape index (κ3) is 3.34. The summed E-state index contributed by atoms with van der Waals surface area (Å²) in [7, 11) is 3.06. The Morgan fingerprint density at radius 1 is 1.00 bits per heavy atom. The average Bonchev–Trinajstić information content (AvgIpc) is 2.63. The molecular weight excluding hydrogens is 397 g/mol. The summed E-state index contributed by atoms with van der Waals surface area (Å²) in [5.41, 5.74) is 1.10.